The molecule has 0 atom stereocenters. The predicted octanol–water partition coefficient (Wildman–Crippen LogP) is -2.26. The normalized spacial score (nSPS) is 7.00. The van der Waals surface area contributed by atoms with Gasteiger partial charge in [-0.25, -0.2) is 0 Å². The van der Waals surface area contributed by atoms with E-state index in [-0.39, 0.29) is 37.7 Å². The molecule has 2 radical (unpaired) electrons. The molecule has 0 bridgehead atoms. The van der Waals surface area contributed by atoms with Gasteiger partial charge in [-0.3, -0.25) is 0 Å². The standard InChI is InChI=1S/AsH3O3.Ca/c2-1(3)4;/h1H,(H2,2,3,4);. The number of hydrogen-bond donors (Lipinski definition) is 2. The second-order valence-corrected chi connectivity index (χ2v) is 1.47. The summed E-state index contributed by atoms with van der Waals surface area (Å²) in [6.07, 6.45) is 0. The van der Waals surface area contributed by atoms with E-state index in [2.05, 4.69) is 0 Å². The topological polar surface area (TPSA) is 57.5 Å². The first-order valence-electron chi connectivity index (χ1n) is 0.651. The average molecular weight is 166 g/mol. The Bertz CT molecular complexity index is 29.9. The van der Waals surface area contributed by atoms with Gasteiger partial charge in [-0.1, -0.05) is 0 Å². The Morgan fingerprint density at radius 1 is 1.40 bits per heavy atom. The van der Waals surface area contributed by atoms with Gasteiger partial charge in [-0.05, 0) is 0 Å². The molecule has 0 fully saturated rings. The second-order valence-electron chi connectivity index (χ2n) is 0.283. The van der Waals surface area contributed by atoms with Crippen molar-refractivity contribution in [3.63, 3.8) is 0 Å². The van der Waals surface area contributed by atoms with Crippen LogP contribution in [0.25, 0.3) is 0 Å². The Balaban J connectivity index is 0. The van der Waals surface area contributed by atoms with Crippen LogP contribution < -0.4 is 0 Å². The van der Waals surface area contributed by atoms with Crippen molar-refractivity contribution in [1.29, 1.82) is 0 Å². The van der Waals surface area contributed by atoms with Crippen LogP contribution in [-0.4, -0.2) is 61.2 Å². The first-order valence-corrected chi connectivity index (χ1v) is 3.38. The van der Waals surface area contributed by atoms with Crippen LogP contribution in [0.4, 0.5) is 0 Å². The summed E-state index contributed by atoms with van der Waals surface area (Å²) in [6, 6.07) is 0. The molecule has 28 valence electrons. The minimum absolute atomic E-state index is 0. The molecule has 0 aliphatic carbocycles. The Kier molecular flexibility index (Phi) is 10.8. The summed E-state index contributed by atoms with van der Waals surface area (Å²) in [5.74, 6) is 0. The minimum atomic E-state index is -3.58. The fourth-order valence-electron chi connectivity index (χ4n) is 0. The molecular formula is H3AsCaO3. The van der Waals surface area contributed by atoms with Gasteiger partial charge in [0.2, 0.25) is 0 Å². The smallest absolute Gasteiger partial charge is 0 e. The van der Waals surface area contributed by atoms with Crippen LogP contribution in [-0.2, 0) is 3.74 Å². The Labute approximate surface area is 64.2 Å². The zero-order valence-corrected chi connectivity index (χ0v) is 6.82. The van der Waals surface area contributed by atoms with Crippen molar-refractivity contribution in [2.24, 2.45) is 0 Å². The minimum Gasteiger partial charge on any atom is 0 e. The van der Waals surface area contributed by atoms with Crippen molar-refractivity contribution in [2.75, 3.05) is 0 Å². The summed E-state index contributed by atoms with van der Waals surface area (Å²) in [5, 5.41) is 0. The van der Waals surface area contributed by atoms with Crippen molar-refractivity contribution in [3.8, 4) is 0 Å². The van der Waals surface area contributed by atoms with Crippen LogP contribution in [0.5, 0.6) is 0 Å². The summed E-state index contributed by atoms with van der Waals surface area (Å²) in [4.78, 5) is 0. The Hall–Kier alpha value is 1.54. The first kappa shape index (κ1) is 9.74. The first-order chi connectivity index (χ1) is 1.73. The predicted molar refractivity (Wildman–Crippen MR) is 18.0 cm³/mol. The quantitative estimate of drug-likeness (QED) is 0.399. The van der Waals surface area contributed by atoms with Crippen LogP contribution in [0.1, 0.15) is 0 Å². The van der Waals surface area contributed by atoms with Gasteiger partial charge in [0, 0.05) is 37.7 Å². The third-order valence-electron chi connectivity index (χ3n) is 0. The average Bonchev–Trinajstić information content (AvgIpc) is 0.811. The molecule has 0 rings (SSSR count). The van der Waals surface area contributed by atoms with Crippen LogP contribution in [0.15, 0.2) is 0 Å². The van der Waals surface area contributed by atoms with Gasteiger partial charge in [0.25, 0.3) is 0 Å². The molecule has 3 nitrogen and oxygen atoms in total. The molecule has 5 heavy (non-hydrogen) atoms. The van der Waals surface area contributed by atoms with Gasteiger partial charge < -0.3 is 0 Å². The molecule has 2 N–H and O–H groups in total. The Morgan fingerprint density at radius 3 is 1.40 bits per heavy atom. The van der Waals surface area contributed by atoms with Crippen molar-refractivity contribution in [1.82, 2.24) is 0 Å². The monoisotopic (exact) mass is 166 g/mol. The van der Waals surface area contributed by atoms with Gasteiger partial charge >= 0.3 is 27.2 Å². The molecule has 0 aromatic rings. The van der Waals surface area contributed by atoms with Gasteiger partial charge in [0.1, 0.15) is 0 Å². The maximum atomic E-state index is 8.81. The zero-order chi connectivity index (χ0) is 3.58. The molecule has 0 heterocycles. The van der Waals surface area contributed by atoms with Crippen LogP contribution in [0, 0.1) is 0 Å². The summed E-state index contributed by atoms with van der Waals surface area (Å²) in [5.41, 5.74) is 0. The van der Waals surface area contributed by atoms with E-state index in [9.17, 15) is 0 Å². The summed E-state index contributed by atoms with van der Waals surface area (Å²) in [6.45, 7) is 0. The fraction of sp³-hybridized carbons (Fsp3) is 0. The van der Waals surface area contributed by atoms with Gasteiger partial charge in [0.05, 0.1) is 0 Å². The van der Waals surface area contributed by atoms with E-state index in [0.29, 0.717) is 0 Å². The molecule has 0 saturated carbocycles. The fourth-order valence-corrected chi connectivity index (χ4v) is 0. The molecule has 0 aliphatic rings. The van der Waals surface area contributed by atoms with Crippen LogP contribution in [0.2, 0.25) is 0 Å². The van der Waals surface area contributed by atoms with E-state index in [4.69, 9.17) is 11.9 Å². The van der Waals surface area contributed by atoms with Gasteiger partial charge in [-0.2, -0.15) is 0 Å². The molecule has 0 aliphatic heterocycles. The van der Waals surface area contributed by atoms with E-state index in [1.165, 1.54) is 0 Å². The molecule has 0 unspecified atom stereocenters. The SMILES string of the molecule is O=[AsH](O)O.[Ca]. The summed E-state index contributed by atoms with van der Waals surface area (Å²) < 4.78 is 23.2. The second kappa shape index (κ2) is 5.54. The molecule has 5 heteroatoms. The van der Waals surface area contributed by atoms with Crippen molar-refractivity contribution in [2.45, 2.75) is 0 Å². The van der Waals surface area contributed by atoms with Crippen molar-refractivity contribution < 1.29 is 11.9 Å². The van der Waals surface area contributed by atoms with Crippen LogP contribution in [0.3, 0.4) is 0 Å². The maximum Gasteiger partial charge on any atom is 0 e. The number of hydrogen-bond acceptors (Lipinski definition) is 1. The van der Waals surface area contributed by atoms with E-state index in [1.54, 1.807) is 0 Å². The molecule has 0 aromatic carbocycles. The van der Waals surface area contributed by atoms with Crippen molar-refractivity contribution >= 4 is 53.0 Å². The third kappa shape index (κ3) is 29.3. The molecule has 0 aromatic heterocycles. The van der Waals surface area contributed by atoms with Crippen molar-refractivity contribution in [3.05, 3.63) is 0 Å². The van der Waals surface area contributed by atoms with Gasteiger partial charge in [0.15, 0.2) is 0 Å². The van der Waals surface area contributed by atoms with E-state index < -0.39 is 15.3 Å². The summed E-state index contributed by atoms with van der Waals surface area (Å²) in [7, 11) is 0. The molecule has 0 saturated heterocycles. The molecule has 0 spiro atoms. The van der Waals surface area contributed by atoms with Crippen LogP contribution >= 0.6 is 0 Å². The largest absolute Gasteiger partial charge is 0 e. The number of rotatable bonds is 0. The van der Waals surface area contributed by atoms with E-state index >= 15 is 0 Å². The Morgan fingerprint density at radius 2 is 1.40 bits per heavy atom. The van der Waals surface area contributed by atoms with Gasteiger partial charge in [-0.15, -0.1) is 0 Å². The maximum absolute atomic E-state index is 8.81. The summed E-state index contributed by atoms with van der Waals surface area (Å²) >= 11 is -3.58. The zero-order valence-electron chi connectivity index (χ0n) is 2.51. The third-order valence-corrected chi connectivity index (χ3v) is 0. The molecule has 0 amide bonds. The molecular weight excluding hydrogens is 163 g/mol. The van der Waals surface area contributed by atoms with E-state index in [1.807, 2.05) is 0 Å². The van der Waals surface area contributed by atoms with E-state index in [0.717, 1.165) is 0 Å².